The summed E-state index contributed by atoms with van der Waals surface area (Å²) in [4.78, 5) is 17.0. The number of benzene rings is 2. The number of amidine groups is 1. The minimum absolute atomic E-state index is 0.189. The average molecular weight is 384 g/mol. The van der Waals surface area contributed by atoms with Crippen molar-refractivity contribution >= 4 is 50.5 Å². The molecule has 112 valence electrons. The van der Waals surface area contributed by atoms with E-state index in [0.717, 1.165) is 10.0 Å². The highest BCUT2D eigenvalue weighted by molar-refractivity contribution is 9.10. The lowest BCUT2D eigenvalue weighted by Gasteiger charge is -1.98. The van der Waals surface area contributed by atoms with Crippen LogP contribution < -0.4 is 5.32 Å². The summed E-state index contributed by atoms with van der Waals surface area (Å²) < 4.78 is 0.985. The number of hydrogen-bond donors (Lipinski definition) is 1. The Labute approximate surface area is 146 Å². The van der Waals surface area contributed by atoms with Gasteiger partial charge in [-0.15, -0.1) is 0 Å². The summed E-state index contributed by atoms with van der Waals surface area (Å²) in [6, 6.07) is 16.8. The van der Waals surface area contributed by atoms with Crippen LogP contribution in [0.5, 0.6) is 0 Å². The van der Waals surface area contributed by atoms with Gasteiger partial charge in [0.15, 0.2) is 5.17 Å². The number of rotatable bonds is 2. The third kappa shape index (κ3) is 3.70. The molecule has 2 aromatic carbocycles. The fraction of sp³-hybridized carbons (Fsp3) is 0. The molecule has 1 aliphatic heterocycles. The Bertz CT molecular complexity index is 866. The van der Waals surface area contributed by atoms with Gasteiger partial charge in [-0.1, -0.05) is 40.2 Å². The molecule has 2 aromatic rings. The molecule has 0 bridgehead atoms. The van der Waals surface area contributed by atoms with Crippen molar-refractivity contribution in [3.8, 4) is 6.07 Å². The zero-order valence-corrected chi connectivity index (χ0v) is 14.2. The molecule has 0 unspecified atom stereocenters. The minimum Gasteiger partial charge on any atom is -0.300 e. The van der Waals surface area contributed by atoms with Crippen LogP contribution in [0.25, 0.3) is 6.08 Å². The lowest BCUT2D eigenvalue weighted by atomic mass is 10.2. The van der Waals surface area contributed by atoms with Crippen LogP contribution in [0.4, 0.5) is 5.69 Å². The maximum absolute atomic E-state index is 12.0. The Balaban J connectivity index is 1.86. The van der Waals surface area contributed by atoms with E-state index >= 15 is 0 Å². The first kappa shape index (κ1) is 15.5. The molecular formula is C17H10BrN3OS. The number of nitrogens with zero attached hydrogens (tertiary/aromatic N) is 2. The molecule has 1 N–H and O–H groups in total. The highest BCUT2D eigenvalue weighted by Crippen LogP contribution is 2.29. The normalized spacial score (nSPS) is 17.3. The minimum atomic E-state index is -0.189. The largest absolute Gasteiger partial charge is 0.300 e. The van der Waals surface area contributed by atoms with Gasteiger partial charge in [-0.05, 0) is 47.7 Å². The van der Waals surface area contributed by atoms with E-state index in [4.69, 9.17) is 5.26 Å². The first-order valence-corrected chi connectivity index (χ1v) is 8.31. The van der Waals surface area contributed by atoms with Crippen LogP contribution >= 0.6 is 27.7 Å². The Morgan fingerprint density at radius 3 is 2.65 bits per heavy atom. The van der Waals surface area contributed by atoms with Crippen LogP contribution in [-0.4, -0.2) is 11.1 Å². The molecule has 23 heavy (non-hydrogen) atoms. The predicted octanol–water partition coefficient (Wildman–Crippen LogP) is 4.21. The van der Waals surface area contributed by atoms with E-state index in [0.29, 0.717) is 21.3 Å². The van der Waals surface area contributed by atoms with Gasteiger partial charge in [-0.3, -0.25) is 4.79 Å². The quantitative estimate of drug-likeness (QED) is 0.789. The second-order valence-electron chi connectivity index (χ2n) is 4.66. The number of para-hydroxylation sites is 1. The summed E-state index contributed by atoms with van der Waals surface area (Å²) in [6.07, 6.45) is 1.81. The Morgan fingerprint density at radius 1 is 1.17 bits per heavy atom. The molecule has 1 fully saturated rings. The van der Waals surface area contributed by atoms with E-state index < -0.39 is 0 Å². The van der Waals surface area contributed by atoms with E-state index in [2.05, 4.69) is 32.3 Å². The van der Waals surface area contributed by atoms with Gasteiger partial charge in [-0.25, -0.2) is 4.99 Å². The van der Waals surface area contributed by atoms with Gasteiger partial charge in [0.1, 0.15) is 6.07 Å². The topological polar surface area (TPSA) is 65.2 Å². The monoisotopic (exact) mass is 383 g/mol. The van der Waals surface area contributed by atoms with E-state index in [1.807, 2.05) is 30.3 Å². The molecule has 1 aliphatic rings. The second kappa shape index (κ2) is 6.82. The molecule has 6 heteroatoms. The van der Waals surface area contributed by atoms with Crippen LogP contribution in [0, 0.1) is 11.3 Å². The van der Waals surface area contributed by atoms with Gasteiger partial charge >= 0.3 is 0 Å². The number of carbonyl (C=O) groups is 1. The SMILES string of the molecule is N#Cc1ccccc1N=C1NC(=O)/C(=C/c2ccc(Br)cc2)S1. The van der Waals surface area contributed by atoms with Crippen molar-refractivity contribution in [2.45, 2.75) is 0 Å². The van der Waals surface area contributed by atoms with Crippen LogP contribution in [0.2, 0.25) is 0 Å². The van der Waals surface area contributed by atoms with E-state index in [9.17, 15) is 4.79 Å². The fourth-order valence-electron chi connectivity index (χ4n) is 1.97. The maximum Gasteiger partial charge on any atom is 0.264 e. The lowest BCUT2D eigenvalue weighted by Crippen LogP contribution is -2.19. The van der Waals surface area contributed by atoms with Crippen LogP contribution in [0.15, 0.2) is 62.9 Å². The first-order valence-electron chi connectivity index (χ1n) is 6.70. The molecular weight excluding hydrogens is 374 g/mol. The summed E-state index contributed by atoms with van der Waals surface area (Å²) >= 11 is 4.64. The van der Waals surface area contributed by atoms with Crippen molar-refractivity contribution in [3.05, 3.63) is 69.0 Å². The summed E-state index contributed by atoms with van der Waals surface area (Å²) in [5.74, 6) is -0.189. The number of nitrogens with one attached hydrogen (secondary N) is 1. The molecule has 3 rings (SSSR count). The summed E-state index contributed by atoms with van der Waals surface area (Å²) in [6.45, 7) is 0. The Morgan fingerprint density at radius 2 is 1.91 bits per heavy atom. The van der Waals surface area contributed by atoms with Gasteiger partial charge < -0.3 is 5.32 Å². The van der Waals surface area contributed by atoms with E-state index in [1.54, 1.807) is 24.3 Å². The van der Waals surface area contributed by atoms with Crippen molar-refractivity contribution in [3.63, 3.8) is 0 Å². The third-order valence-electron chi connectivity index (χ3n) is 3.07. The number of nitriles is 1. The number of amides is 1. The van der Waals surface area contributed by atoms with Gasteiger partial charge in [0.05, 0.1) is 16.2 Å². The molecule has 1 heterocycles. The van der Waals surface area contributed by atoms with Crippen LogP contribution in [0.3, 0.4) is 0 Å². The molecule has 0 saturated carbocycles. The highest BCUT2D eigenvalue weighted by atomic mass is 79.9. The molecule has 0 aromatic heterocycles. The lowest BCUT2D eigenvalue weighted by molar-refractivity contribution is -0.115. The number of hydrogen-bond acceptors (Lipinski definition) is 4. The predicted molar refractivity (Wildman–Crippen MR) is 96.1 cm³/mol. The zero-order valence-electron chi connectivity index (χ0n) is 11.8. The van der Waals surface area contributed by atoms with Gasteiger partial charge in [0.2, 0.25) is 0 Å². The molecule has 4 nitrogen and oxygen atoms in total. The van der Waals surface area contributed by atoms with Crippen LogP contribution in [0.1, 0.15) is 11.1 Å². The molecule has 0 aliphatic carbocycles. The van der Waals surface area contributed by atoms with Gasteiger partial charge in [0.25, 0.3) is 5.91 Å². The number of aliphatic imine (C=N–C) groups is 1. The molecule has 0 spiro atoms. The second-order valence-corrected chi connectivity index (χ2v) is 6.61. The standard InChI is InChI=1S/C17H10BrN3OS/c18-13-7-5-11(6-8-13)9-15-16(22)21-17(23-15)20-14-4-2-1-3-12(14)10-19/h1-9H,(H,20,21,22)/b15-9-. The Kier molecular flexibility index (Phi) is 4.60. The van der Waals surface area contributed by atoms with Crippen molar-refractivity contribution in [2.75, 3.05) is 0 Å². The van der Waals surface area contributed by atoms with E-state index in [1.165, 1.54) is 11.8 Å². The van der Waals surface area contributed by atoms with Crippen molar-refractivity contribution < 1.29 is 4.79 Å². The summed E-state index contributed by atoms with van der Waals surface area (Å²) in [7, 11) is 0. The highest BCUT2D eigenvalue weighted by Gasteiger charge is 2.24. The third-order valence-corrected chi connectivity index (χ3v) is 4.50. The Hall–Kier alpha value is -2.36. The maximum atomic E-state index is 12.0. The number of thioether (sulfide) groups is 1. The zero-order chi connectivity index (χ0) is 16.2. The van der Waals surface area contributed by atoms with Crippen molar-refractivity contribution in [2.24, 2.45) is 4.99 Å². The number of halogens is 1. The molecule has 0 atom stereocenters. The summed E-state index contributed by atoms with van der Waals surface area (Å²) in [5, 5.41) is 12.3. The van der Waals surface area contributed by atoms with Gasteiger partial charge in [0, 0.05) is 4.47 Å². The smallest absolute Gasteiger partial charge is 0.264 e. The molecule has 1 amide bonds. The van der Waals surface area contributed by atoms with Crippen molar-refractivity contribution in [1.29, 1.82) is 5.26 Å². The summed E-state index contributed by atoms with van der Waals surface area (Å²) in [5.41, 5.74) is 1.95. The van der Waals surface area contributed by atoms with Crippen LogP contribution in [-0.2, 0) is 4.79 Å². The average Bonchev–Trinajstić information content (AvgIpc) is 2.89. The van der Waals surface area contributed by atoms with E-state index in [-0.39, 0.29) is 5.91 Å². The van der Waals surface area contributed by atoms with Crippen molar-refractivity contribution in [1.82, 2.24) is 5.32 Å². The van der Waals surface area contributed by atoms with Gasteiger partial charge in [-0.2, -0.15) is 5.26 Å². The molecule has 0 radical (unpaired) electrons. The number of carbonyl (C=O) groups excluding carboxylic acids is 1. The fourth-order valence-corrected chi connectivity index (χ4v) is 3.07. The molecule has 1 saturated heterocycles. The first-order chi connectivity index (χ1) is 11.2.